The Balaban J connectivity index is 1.41. The maximum Gasteiger partial charge on any atom is 0.120 e. The molecular weight excluding hydrogens is 284 g/mol. The van der Waals surface area contributed by atoms with Crippen molar-refractivity contribution in [1.29, 1.82) is 0 Å². The van der Waals surface area contributed by atoms with Gasteiger partial charge in [-0.3, -0.25) is 0 Å². The monoisotopic (exact) mass is 310 g/mol. The highest BCUT2D eigenvalue weighted by molar-refractivity contribution is 5.29. The van der Waals surface area contributed by atoms with E-state index in [9.17, 15) is 0 Å². The van der Waals surface area contributed by atoms with Crippen molar-refractivity contribution in [2.24, 2.45) is 0 Å². The average molecular weight is 310 g/mol. The van der Waals surface area contributed by atoms with Crippen LogP contribution >= 0.6 is 0 Å². The number of nitrogens with one attached hydrogen (secondary N) is 1. The standard InChI is InChI=1S/C20H26N2O/c1-2-7-18(8-3-1)17-23-20-10-6-9-19(15-20)16-21-11-14-22-12-4-5-13-22/h1-3,6-10,15,21H,4-5,11-14,16-17H2. The normalized spacial score (nSPS) is 15.0. The summed E-state index contributed by atoms with van der Waals surface area (Å²) in [7, 11) is 0. The lowest BCUT2D eigenvalue weighted by molar-refractivity contribution is 0.305. The molecule has 0 spiro atoms. The first kappa shape index (κ1) is 16.0. The number of likely N-dealkylation sites (tertiary alicyclic amines) is 1. The van der Waals surface area contributed by atoms with E-state index in [1.54, 1.807) is 0 Å². The van der Waals surface area contributed by atoms with Gasteiger partial charge in [0.05, 0.1) is 0 Å². The lowest BCUT2D eigenvalue weighted by Crippen LogP contribution is -2.29. The summed E-state index contributed by atoms with van der Waals surface area (Å²) in [5, 5.41) is 3.53. The molecule has 2 aromatic rings. The molecule has 0 radical (unpaired) electrons. The van der Waals surface area contributed by atoms with Crippen LogP contribution in [-0.2, 0) is 13.2 Å². The lowest BCUT2D eigenvalue weighted by Gasteiger charge is -2.15. The van der Waals surface area contributed by atoms with Crippen molar-refractivity contribution in [1.82, 2.24) is 10.2 Å². The Labute approximate surface area is 139 Å². The van der Waals surface area contributed by atoms with Crippen LogP contribution in [0.25, 0.3) is 0 Å². The van der Waals surface area contributed by atoms with Crippen LogP contribution in [0.4, 0.5) is 0 Å². The van der Waals surface area contributed by atoms with Crippen LogP contribution < -0.4 is 10.1 Å². The molecule has 1 aliphatic heterocycles. The van der Waals surface area contributed by atoms with E-state index in [0.717, 1.165) is 25.4 Å². The summed E-state index contributed by atoms with van der Waals surface area (Å²) < 4.78 is 5.88. The van der Waals surface area contributed by atoms with Crippen molar-refractivity contribution >= 4 is 0 Å². The Hall–Kier alpha value is -1.84. The summed E-state index contributed by atoms with van der Waals surface area (Å²) in [6, 6.07) is 18.7. The molecule has 3 rings (SSSR count). The van der Waals surface area contributed by atoms with Gasteiger partial charge in [-0.2, -0.15) is 0 Å². The topological polar surface area (TPSA) is 24.5 Å². The largest absolute Gasteiger partial charge is 0.489 e. The second-order valence-electron chi connectivity index (χ2n) is 6.15. The van der Waals surface area contributed by atoms with E-state index in [4.69, 9.17) is 4.74 Å². The first-order chi connectivity index (χ1) is 11.4. The van der Waals surface area contributed by atoms with Crippen molar-refractivity contribution in [2.45, 2.75) is 26.0 Å². The van der Waals surface area contributed by atoms with E-state index >= 15 is 0 Å². The van der Waals surface area contributed by atoms with Crippen LogP contribution in [0, 0.1) is 0 Å². The van der Waals surface area contributed by atoms with Crippen LogP contribution in [0.1, 0.15) is 24.0 Å². The zero-order valence-corrected chi connectivity index (χ0v) is 13.7. The predicted molar refractivity (Wildman–Crippen MR) is 94.6 cm³/mol. The maximum atomic E-state index is 5.88. The molecule has 0 aromatic heterocycles. The highest BCUT2D eigenvalue weighted by Crippen LogP contribution is 2.15. The smallest absolute Gasteiger partial charge is 0.120 e. The number of ether oxygens (including phenoxy) is 1. The summed E-state index contributed by atoms with van der Waals surface area (Å²) in [5.41, 5.74) is 2.47. The Kier molecular flexibility index (Phi) is 6.07. The number of rotatable bonds is 8. The first-order valence-corrected chi connectivity index (χ1v) is 8.59. The van der Waals surface area contributed by atoms with Gasteiger partial charge in [0.2, 0.25) is 0 Å². The molecule has 2 aromatic carbocycles. The van der Waals surface area contributed by atoms with Gasteiger partial charge in [-0.05, 0) is 49.2 Å². The van der Waals surface area contributed by atoms with Crippen molar-refractivity contribution < 1.29 is 4.74 Å². The average Bonchev–Trinajstić information content (AvgIpc) is 3.12. The minimum absolute atomic E-state index is 0.618. The molecule has 122 valence electrons. The summed E-state index contributed by atoms with van der Waals surface area (Å²) in [5.74, 6) is 0.938. The third-order valence-electron chi connectivity index (χ3n) is 4.28. The fourth-order valence-electron chi connectivity index (χ4n) is 2.96. The van der Waals surface area contributed by atoms with E-state index in [2.05, 4.69) is 40.5 Å². The van der Waals surface area contributed by atoms with E-state index < -0.39 is 0 Å². The van der Waals surface area contributed by atoms with Gasteiger partial charge < -0.3 is 15.0 Å². The second-order valence-corrected chi connectivity index (χ2v) is 6.15. The van der Waals surface area contributed by atoms with Gasteiger partial charge >= 0.3 is 0 Å². The molecule has 0 saturated carbocycles. The van der Waals surface area contributed by atoms with Crippen LogP contribution in [0.15, 0.2) is 54.6 Å². The number of hydrogen-bond donors (Lipinski definition) is 1. The second kappa shape index (κ2) is 8.70. The molecule has 0 atom stereocenters. The van der Waals surface area contributed by atoms with E-state index in [0.29, 0.717) is 6.61 Å². The molecule has 0 bridgehead atoms. The zero-order chi connectivity index (χ0) is 15.7. The molecule has 0 amide bonds. The Morgan fingerprint density at radius 1 is 0.913 bits per heavy atom. The van der Waals surface area contributed by atoms with Crippen LogP contribution in [0.2, 0.25) is 0 Å². The molecule has 1 aliphatic rings. The van der Waals surface area contributed by atoms with Crippen molar-refractivity contribution in [2.75, 3.05) is 26.2 Å². The van der Waals surface area contributed by atoms with E-state index in [1.165, 1.54) is 37.1 Å². The zero-order valence-electron chi connectivity index (χ0n) is 13.7. The SMILES string of the molecule is c1ccc(COc2cccc(CNCCN3CCCC3)c2)cc1. The Bertz CT molecular complexity index is 579. The minimum atomic E-state index is 0.618. The molecule has 1 fully saturated rings. The molecule has 3 nitrogen and oxygen atoms in total. The number of nitrogens with zero attached hydrogens (tertiary/aromatic N) is 1. The van der Waals surface area contributed by atoms with Crippen LogP contribution in [-0.4, -0.2) is 31.1 Å². The van der Waals surface area contributed by atoms with Gasteiger partial charge in [-0.15, -0.1) is 0 Å². The fourth-order valence-corrected chi connectivity index (χ4v) is 2.96. The quantitative estimate of drug-likeness (QED) is 0.756. The molecule has 1 heterocycles. The Morgan fingerprint density at radius 3 is 2.52 bits per heavy atom. The van der Waals surface area contributed by atoms with E-state index in [1.807, 2.05) is 24.3 Å². The molecule has 0 aliphatic carbocycles. The molecule has 3 heteroatoms. The maximum absolute atomic E-state index is 5.88. The molecule has 23 heavy (non-hydrogen) atoms. The van der Waals surface area contributed by atoms with Crippen molar-refractivity contribution in [3.05, 3.63) is 65.7 Å². The Morgan fingerprint density at radius 2 is 1.70 bits per heavy atom. The van der Waals surface area contributed by atoms with Gasteiger partial charge in [0, 0.05) is 19.6 Å². The third-order valence-corrected chi connectivity index (χ3v) is 4.28. The summed E-state index contributed by atoms with van der Waals surface area (Å²) in [6.07, 6.45) is 2.72. The molecular formula is C20H26N2O. The predicted octanol–water partition coefficient (Wildman–Crippen LogP) is 3.45. The summed E-state index contributed by atoms with van der Waals surface area (Å²) >= 11 is 0. The molecule has 1 saturated heterocycles. The van der Waals surface area contributed by atoms with Gasteiger partial charge in [0.25, 0.3) is 0 Å². The highest BCUT2D eigenvalue weighted by Gasteiger charge is 2.09. The highest BCUT2D eigenvalue weighted by atomic mass is 16.5. The van der Waals surface area contributed by atoms with Gasteiger partial charge in [-0.1, -0.05) is 42.5 Å². The summed E-state index contributed by atoms with van der Waals surface area (Å²) in [6.45, 7) is 6.26. The number of hydrogen-bond acceptors (Lipinski definition) is 3. The fraction of sp³-hybridized carbons (Fsp3) is 0.400. The van der Waals surface area contributed by atoms with Crippen molar-refractivity contribution in [3.8, 4) is 5.75 Å². The van der Waals surface area contributed by atoms with Crippen LogP contribution in [0.3, 0.4) is 0 Å². The first-order valence-electron chi connectivity index (χ1n) is 8.59. The van der Waals surface area contributed by atoms with Crippen LogP contribution in [0.5, 0.6) is 5.75 Å². The van der Waals surface area contributed by atoms with Gasteiger partial charge in [0.15, 0.2) is 0 Å². The summed E-state index contributed by atoms with van der Waals surface area (Å²) in [4.78, 5) is 2.53. The van der Waals surface area contributed by atoms with Gasteiger partial charge in [-0.25, -0.2) is 0 Å². The van der Waals surface area contributed by atoms with E-state index in [-0.39, 0.29) is 0 Å². The third kappa shape index (κ3) is 5.38. The number of benzene rings is 2. The molecule has 1 N–H and O–H groups in total. The van der Waals surface area contributed by atoms with Crippen molar-refractivity contribution in [3.63, 3.8) is 0 Å². The van der Waals surface area contributed by atoms with Gasteiger partial charge in [0.1, 0.15) is 12.4 Å². The lowest BCUT2D eigenvalue weighted by atomic mass is 10.2. The molecule has 0 unspecified atom stereocenters. The minimum Gasteiger partial charge on any atom is -0.489 e.